The number of carboxylic acid groups (broad SMARTS) is 1. The van der Waals surface area contributed by atoms with Crippen molar-refractivity contribution in [3.05, 3.63) is 65.9 Å². The van der Waals surface area contributed by atoms with Crippen molar-refractivity contribution in [1.82, 2.24) is 25.1 Å². The summed E-state index contributed by atoms with van der Waals surface area (Å²) in [5, 5.41) is 16.2. The first-order valence-electron chi connectivity index (χ1n) is 9.01. The van der Waals surface area contributed by atoms with Crippen LogP contribution in [-0.2, 0) is 6.54 Å². The summed E-state index contributed by atoms with van der Waals surface area (Å²) >= 11 is 0. The Balaban J connectivity index is 1.76. The molecule has 3 rings (SSSR count). The van der Waals surface area contributed by atoms with Crippen LogP contribution in [0.1, 0.15) is 52.9 Å². The molecule has 1 atom stereocenters. The zero-order valence-corrected chi connectivity index (χ0v) is 15.7. The normalized spacial score (nSPS) is 11.8. The van der Waals surface area contributed by atoms with Gasteiger partial charge in [-0.05, 0) is 37.6 Å². The van der Waals surface area contributed by atoms with E-state index in [4.69, 9.17) is 5.11 Å². The van der Waals surface area contributed by atoms with Crippen molar-refractivity contribution in [2.45, 2.75) is 32.9 Å². The Kier molecular flexibility index (Phi) is 5.78. The molecule has 8 nitrogen and oxygen atoms in total. The Morgan fingerprint density at radius 1 is 1.11 bits per heavy atom. The number of benzene rings is 1. The molecule has 1 amide bonds. The van der Waals surface area contributed by atoms with Gasteiger partial charge in [-0.1, -0.05) is 19.1 Å². The molecular weight excluding hydrogens is 358 g/mol. The van der Waals surface area contributed by atoms with Crippen molar-refractivity contribution in [2.75, 3.05) is 0 Å². The molecule has 0 radical (unpaired) electrons. The number of nitrogens with zero attached hydrogens (tertiary/aromatic N) is 4. The minimum atomic E-state index is -1.01. The van der Waals surface area contributed by atoms with Gasteiger partial charge in [0.1, 0.15) is 12.2 Å². The second-order valence-electron chi connectivity index (χ2n) is 6.18. The molecule has 0 saturated carbocycles. The van der Waals surface area contributed by atoms with Crippen molar-refractivity contribution in [3.8, 4) is 11.3 Å². The fourth-order valence-corrected chi connectivity index (χ4v) is 2.89. The molecule has 0 aliphatic heterocycles. The van der Waals surface area contributed by atoms with Gasteiger partial charge in [-0.2, -0.15) is 5.10 Å². The van der Waals surface area contributed by atoms with Gasteiger partial charge in [0, 0.05) is 23.9 Å². The number of nitrogens with one attached hydrogen (secondary N) is 1. The summed E-state index contributed by atoms with van der Waals surface area (Å²) in [7, 11) is 0. The van der Waals surface area contributed by atoms with Crippen LogP contribution in [-0.4, -0.2) is 36.7 Å². The molecule has 28 heavy (non-hydrogen) atoms. The summed E-state index contributed by atoms with van der Waals surface area (Å²) in [6.07, 6.45) is 3.63. The number of carbonyl (C=O) groups is 2. The topological polar surface area (TPSA) is 110 Å². The highest BCUT2D eigenvalue weighted by atomic mass is 16.4. The Hall–Kier alpha value is -3.55. The maximum atomic E-state index is 12.6. The van der Waals surface area contributed by atoms with Gasteiger partial charge in [-0.25, -0.2) is 14.5 Å². The lowest BCUT2D eigenvalue weighted by Gasteiger charge is -2.17. The number of rotatable bonds is 7. The van der Waals surface area contributed by atoms with E-state index < -0.39 is 5.97 Å². The zero-order chi connectivity index (χ0) is 20.1. The summed E-state index contributed by atoms with van der Waals surface area (Å²) < 4.78 is 1.76. The van der Waals surface area contributed by atoms with E-state index in [0.29, 0.717) is 24.2 Å². The molecule has 0 fully saturated rings. The standard InChI is InChI=1S/C20H21N5O3/c1-3-16(18-22-12-23-25(18)4-2)24-19(26)14-7-5-13(6-8-14)17-11-15(20(27)28)9-10-21-17/h5-12,16H,3-4H2,1-2H3,(H,24,26)(H,27,28). The van der Waals surface area contributed by atoms with Crippen LogP contribution < -0.4 is 5.32 Å². The van der Waals surface area contributed by atoms with Crippen LogP contribution in [0, 0.1) is 0 Å². The smallest absolute Gasteiger partial charge is 0.335 e. The highest BCUT2D eigenvalue weighted by Gasteiger charge is 2.19. The molecule has 8 heteroatoms. The highest BCUT2D eigenvalue weighted by molar-refractivity contribution is 5.95. The van der Waals surface area contributed by atoms with Crippen LogP contribution in [0.2, 0.25) is 0 Å². The first kappa shape index (κ1) is 19.2. The maximum Gasteiger partial charge on any atom is 0.335 e. The largest absolute Gasteiger partial charge is 0.478 e. The fourth-order valence-electron chi connectivity index (χ4n) is 2.89. The number of carbonyl (C=O) groups excluding carboxylic acids is 1. The lowest BCUT2D eigenvalue weighted by molar-refractivity contribution is 0.0696. The van der Waals surface area contributed by atoms with E-state index >= 15 is 0 Å². The predicted octanol–water partition coefficient (Wildman–Crippen LogP) is 2.94. The van der Waals surface area contributed by atoms with Crippen LogP contribution in [0.4, 0.5) is 0 Å². The molecular formula is C20H21N5O3. The SMILES string of the molecule is CCC(NC(=O)c1ccc(-c2cc(C(=O)O)ccn2)cc1)c1ncnn1CC. The summed E-state index contributed by atoms with van der Waals surface area (Å²) in [6.45, 7) is 4.63. The van der Waals surface area contributed by atoms with Crippen molar-refractivity contribution in [2.24, 2.45) is 0 Å². The molecule has 3 aromatic rings. The number of aryl methyl sites for hydroxylation is 1. The van der Waals surface area contributed by atoms with E-state index in [1.807, 2.05) is 13.8 Å². The quantitative estimate of drug-likeness (QED) is 0.653. The lowest BCUT2D eigenvalue weighted by atomic mass is 10.1. The number of amides is 1. The second kappa shape index (κ2) is 8.43. The van der Waals surface area contributed by atoms with Gasteiger partial charge in [-0.3, -0.25) is 9.78 Å². The van der Waals surface area contributed by atoms with Crippen molar-refractivity contribution in [1.29, 1.82) is 0 Å². The predicted molar refractivity (Wildman–Crippen MR) is 103 cm³/mol. The van der Waals surface area contributed by atoms with Crippen molar-refractivity contribution in [3.63, 3.8) is 0 Å². The lowest BCUT2D eigenvalue weighted by Crippen LogP contribution is -2.30. The molecule has 144 valence electrons. The average Bonchev–Trinajstić information content (AvgIpc) is 3.20. The van der Waals surface area contributed by atoms with Gasteiger partial charge in [0.25, 0.3) is 5.91 Å². The molecule has 0 bridgehead atoms. The molecule has 0 spiro atoms. The van der Waals surface area contributed by atoms with Crippen LogP contribution in [0.3, 0.4) is 0 Å². The van der Waals surface area contributed by atoms with Gasteiger partial charge >= 0.3 is 5.97 Å². The number of aromatic nitrogens is 4. The molecule has 1 aromatic carbocycles. The van der Waals surface area contributed by atoms with Gasteiger partial charge in [0.15, 0.2) is 0 Å². The molecule has 2 aromatic heterocycles. The van der Waals surface area contributed by atoms with E-state index in [1.54, 1.807) is 28.9 Å². The highest BCUT2D eigenvalue weighted by Crippen LogP contribution is 2.20. The summed E-state index contributed by atoms with van der Waals surface area (Å²) in [6, 6.07) is 9.59. The Morgan fingerprint density at radius 3 is 2.50 bits per heavy atom. The number of hydrogen-bond acceptors (Lipinski definition) is 5. The van der Waals surface area contributed by atoms with Gasteiger partial charge < -0.3 is 10.4 Å². The van der Waals surface area contributed by atoms with E-state index in [1.165, 1.54) is 24.7 Å². The summed E-state index contributed by atoms with van der Waals surface area (Å²) in [5.41, 5.74) is 1.93. The maximum absolute atomic E-state index is 12.6. The summed E-state index contributed by atoms with van der Waals surface area (Å²) in [5.74, 6) is -0.494. The third-order valence-electron chi connectivity index (χ3n) is 4.42. The van der Waals surface area contributed by atoms with E-state index in [-0.39, 0.29) is 17.5 Å². The Bertz CT molecular complexity index is 982. The van der Waals surface area contributed by atoms with E-state index in [9.17, 15) is 9.59 Å². The first-order valence-corrected chi connectivity index (χ1v) is 9.01. The van der Waals surface area contributed by atoms with E-state index in [2.05, 4.69) is 20.4 Å². The van der Waals surface area contributed by atoms with Crippen molar-refractivity contribution >= 4 is 11.9 Å². The minimum Gasteiger partial charge on any atom is -0.478 e. The van der Waals surface area contributed by atoms with Gasteiger partial charge in [-0.15, -0.1) is 0 Å². The second-order valence-corrected chi connectivity index (χ2v) is 6.18. The zero-order valence-electron chi connectivity index (χ0n) is 15.7. The average molecular weight is 379 g/mol. The minimum absolute atomic E-state index is 0.164. The Morgan fingerprint density at radius 2 is 1.86 bits per heavy atom. The molecule has 2 heterocycles. The Labute approximate surface area is 162 Å². The number of pyridine rings is 1. The molecule has 1 unspecified atom stereocenters. The molecule has 0 aliphatic carbocycles. The molecule has 0 aliphatic rings. The number of aromatic carboxylic acids is 1. The molecule has 2 N–H and O–H groups in total. The third kappa shape index (κ3) is 4.06. The third-order valence-corrected chi connectivity index (χ3v) is 4.42. The van der Waals surface area contributed by atoms with Crippen LogP contribution in [0.25, 0.3) is 11.3 Å². The summed E-state index contributed by atoms with van der Waals surface area (Å²) in [4.78, 5) is 32.2. The fraction of sp³-hybridized carbons (Fsp3) is 0.250. The van der Waals surface area contributed by atoms with Crippen LogP contribution in [0.15, 0.2) is 48.9 Å². The first-order chi connectivity index (χ1) is 13.5. The monoisotopic (exact) mass is 379 g/mol. The van der Waals surface area contributed by atoms with Gasteiger partial charge in [0.2, 0.25) is 0 Å². The van der Waals surface area contributed by atoms with Crippen molar-refractivity contribution < 1.29 is 14.7 Å². The number of hydrogen-bond donors (Lipinski definition) is 2. The molecule has 0 saturated heterocycles. The van der Waals surface area contributed by atoms with Crippen LogP contribution >= 0.6 is 0 Å². The number of carboxylic acids is 1. The van der Waals surface area contributed by atoms with Gasteiger partial charge in [0.05, 0.1) is 17.3 Å². The van der Waals surface area contributed by atoms with E-state index in [0.717, 1.165) is 11.4 Å². The van der Waals surface area contributed by atoms with Crippen LogP contribution in [0.5, 0.6) is 0 Å².